The number of piperidine rings is 1. The molecule has 154 valence electrons. The number of rotatable bonds is 10. The zero-order valence-corrected chi connectivity index (χ0v) is 19.0. The highest BCUT2D eigenvalue weighted by Crippen LogP contribution is 2.09. The standard InChI is InChI=1S/C20H34N4O2.HI/c1-3-21-20(22-11-15-26-17-18-7-5-4-6-8-18)23-19-9-12-24(13-10-19)14-16-25-2;/h4-8,19H,3,9-17H2,1-2H3,(H2,21,22,23);1H. The Hall–Kier alpha value is -0.900. The summed E-state index contributed by atoms with van der Waals surface area (Å²) in [6.07, 6.45) is 2.28. The Morgan fingerprint density at radius 3 is 2.59 bits per heavy atom. The average molecular weight is 490 g/mol. The predicted molar refractivity (Wildman–Crippen MR) is 122 cm³/mol. The van der Waals surface area contributed by atoms with Crippen molar-refractivity contribution in [1.82, 2.24) is 15.5 Å². The first-order valence-corrected chi connectivity index (χ1v) is 9.69. The highest BCUT2D eigenvalue weighted by molar-refractivity contribution is 14.0. The highest BCUT2D eigenvalue weighted by atomic mass is 127. The van der Waals surface area contributed by atoms with Crippen LogP contribution in [0.15, 0.2) is 35.3 Å². The van der Waals surface area contributed by atoms with Crippen molar-refractivity contribution in [2.45, 2.75) is 32.4 Å². The van der Waals surface area contributed by atoms with Gasteiger partial charge in [0.1, 0.15) is 0 Å². The van der Waals surface area contributed by atoms with Gasteiger partial charge in [-0.15, -0.1) is 24.0 Å². The maximum Gasteiger partial charge on any atom is 0.191 e. The molecule has 0 bridgehead atoms. The van der Waals surface area contributed by atoms with E-state index in [1.54, 1.807) is 7.11 Å². The van der Waals surface area contributed by atoms with Gasteiger partial charge in [-0.1, -0.05) is 30.3 Å². The summed E-state index contributed by atoms with van der Waals surface area (Å²) in [5, 5.41) is 6.90. The molecule has 1 aromatic rings. The van der Waals surface area contributed by atoms with Crippen LogP contribution in [0, 0.1) is 0 Å². The van der Waals surface area contributed by atoms with Crippen LogP contribution in [0.25, 0.3) is 0 Å². The molecule has 0 amide bonds. The number of nitrogens with one attached hydrogen (secondary N) is 2. The number of hydrogen-bond acceptors (Lipinski definition) is 4. The molecular formula is C20H35IN4O2. The van der Waals surface area contributed by atoms with E-state index in [-0.39, 0.29) is 24.0 Å². The zero-order valence-electron chi connectivity index (χ0n) is 16.7. The third kappa shape index (κ3) is 10.3. The molecule has 0 radical (unpaired) electrons. The molecule has 0 spiro atoms. The van der Waals surface area contributed by atoms with Crippen LogP contribution in [0.3, 0.4) is 0 Å². The van der Waals surface area contributed by atoms with Crippen molar-refractivity contribution < 1.29 is 9.47 Å². The third-order valence-electron chi connectivity index (χ3n) is 4.50. The molecular weight excluding hydrogens is 455 g/mol. The minimum Gasteiger partial charge on any atom is -0.383 e. The van der Waals surface area contributed by atoms with Crippen molar-refractivity contribution in [2.24, 2.45) is 4.99 Å². The molecule has 2 N–H and O–H groups in total. The van der Waals surface area contributed by atoms with Gasteiger partial charge in [0.15, 0.2) is 5.96 Å². The molecule has 0 aromatic heterocycles. The number of halogens is 1. The first kappa shape index (κ1) is 24.1. The fourth-order valence-corrected chi connectivity index (χ4v) is 3.02. The van der Waals surface area contributed by atoms with Crippen LogP contribution >= 0.6 is 24.0 Å². The van der Waals surface area contributed by atoms with Crippen molar-refractivity contribution in [2.75, 3.05) is 53.0 Å². The topological polar surface area (TPSA) is 58.1 Å². The van der Waals surface area contributed by atoms with Crippen LogP contribution in [-0.4, -0.2) is 69.9 Å². The largest absolute Gasteiger partial charge is 0.383 e. The van der Waals surface area contributed by atoms with Crippen molar-refractivity contribution in [1.29, 1.82) is 0 Å². The fraction of sp³-hybridized carbons (Fsp3) is 0.650. The van der Waals surface area contributed by atoms with E-state index < -0.39 is 0 Å². The number of benzene rings is 1. The molecule has 0 atom stereocenters. The van der Waals surface area contributed by atoms with Crippen LogP contribution in [0.4, 0.5) is 0 Å². The Bertz CT molecular complexity index is 508. The van der Waals surface area contributed by atoms with Crippen molar-refractivity contribution in [3.05, 3.63) is 35.9 Å². The molecule has 0 saturated carbocycles. The number of ether oxygens (including phenoxy) is 2. The predicted octanol–water partition coefficient (Wildman–Crippen LogP) is 2.49. The van der Waals surface area contributed by atoms with Gasteiger partial charge in [-0.25, -0.2) is 0 Å². The van der Waals surface area contributed by atoms with Gasteiger partial charge >= 0.3 is 0 Å². The van der Waals surface area contributed by atoms with E-state index in [1.807, 2.05) is 18.2 Å². The summed E-state index contributed by atoms with van der Waals surface area (Å²) in [4.78, 5) is 7.10. The average Bonchev–Trinajstić information content (AvgIpc) is 2.68. The smallest absolute Gasteiger partial charge is 0.191 e. The zero-order chi connectivity index (χ0) is 18.5. The molecule has 7 heteroatoms. The van der Waals surface area contributed by atoms with Crippen LogP contribution in [0.5, 0.6) is 0 Å². The van der Waals surface area contributed by atoms with Gasteiger partial charge in [-0.05, 0) is 25.3 Å². The summed E-state index contributed by atoms with van der Waals surface area (Å²) >= 11 is 0. The minimum atomic E-state index is 0. The number of aliphatic imine (C=N–C) groups is 1. The third-order valence-corrected chi connectivity index (χ3v) is 4.50. The summed E-state index contributed by atoms with van der Waals surface area (Å²) in [5.74, 6) is 0.895. The quantitative estimate of drug-likeness (QED) is 0.229. The summed E-state index contributed by atoms with van der Waals surface area (Å²) in [5.41, 5.74) is 1.20. The minimum absolute atomic E-state index is 0. The normalized spacial score (nSPS) is 16.0. The van der Waals surface area contributed by atoms with Gasteiger partial charge < -0.3 is 25.0 Å². The summed E-state index contributed by atoms with van der Waals surface area (Å²) in [6, 6.07) is 10.7. The summed E-state index contributed by atoms with van der Waals surface area (Å²) < 4.78 is 10.9. The highest BCUT2D eigenvalue weighted by Gasteiger charge is 2.19. The van der Waals surface area contributed by atoms with E-state index in [9.17, 15) is 0 Å². The van der Waals surface area contributed by atoms with Crippen molar-refractivity contribution in [3.8, 4) is 0 Å². The van der Waals surface area contributed by atoms with E-state index in [0.717, 1.165) is 51.6 Å². The van der Waals surface area contributed by atoms with Crippen LogP contribution in [-0.2, 0) is 16.1 Å². The summed E-state index contributed by atoms with van der Waals surface area (Å²) in [6.45, 7) is 8.94. The molecule has 2 rings (SSSR count). The van der Waals surface area contributed by atoms with Crippen molar-refractivity contribution >= 4 is 29.9 Å². The molecule has 1 fully saturated rings. The molecule has 1 aromatic carbocycles. The number of guanidine groups is 1. The maximum absolute atomic E-state index is 5.71. The van der Waals surface area contributed by atoms with E-state index in [0.29, 0.717) is 25.8 Å². The Kier molecular flexibility index (Phi) is 13.5. The monoisotopic (exact) mass is 490 g/mol. The Morgan fingerprint density at radius 2 is 1.93 bits per heavy atom. The molecule has 0 unspecified atom stereocenters. The van der Waals surface area contributed by atoms with E-state index in [4.69, 9.17) is 9.47 Å². The van der Waals surface area contributed by atoms with Crippen LogP contribution < -0.4 is 10.6 Å². The fourth-order valence-electron chi connectivity index (χ4n) is 3.02. The second kappa shape index (κ2) is 15.1. The molecule has 6 nitrogen and oxygen atoms in total. The lowest BCUT2D eigenvalue weighted by molar-refractivity contribution is 0.127. The summed E-state index contributed by atoms with van der Waals surface area (Å²) in [7, 11) is 1.76. The van der Waals surface area contributed by atoms with Gasteiger partial charge in [0.05, 0.1) is 26.4 Å². The second-order valence-corrected chi connectivity index (χ2v) is 6.55. The Labute approximate surface area is 181 Å². The Morgan fingerprint density at radius 1 is 1.19 bits per heavy atom. The lowest BCUT2D eigenvalue weighted by atomic mass is 10.1. The molecule has 0 aliphatic carbocycles. The SMILES string of the molecule is CCNC(=NCCOCc1ccccc1)NC1CCN(CCOC)CC1.I. The van der Waals surface area contributed by atoms with Gasteiger partial charge in [0.2, 0.25) is 0 Å². The van der Waals surface area contributed by atoms with Crippen molar-refractivity contribution in [3.63, 3.8) is 0 Å². The first-order valence-electron chi connectivity index (χ1n) is 9.69. The molecule has 1 heterocycles. The van der Waals surface area contributed by atoms with Gasteiger partial charge in [0.25, 0.3) is 0 Å². The maximum atomic E-state index is 5.71. The van der Waals surface area contributed by atoms with Gasteiger partial charge in [-0.2, -0.15) is 0 Å². The van der Waals surface area contributed by atoms with Gasteiger partial charge in [0, 0.05) is 39.3 Å². The molecule has 1 aliphatic heterocycles. The number of likely N-dealkylation sites (tertiary alicyclic amines) is 1. The van der Waals surface area contributed by atoms with E-state index in [1.165, 1.54) is 5.56 Å². The van der Waals surface area contributed by atoms with Crippen LogP contribution in [0.2, 0.25) is 0 Å². The number of nitrogens with zero attached hydrogens (tertiary/aromatic N) is 2. The van der Waals surface area contributed by atoms with Crippen LogP contribution in [0.1, 0.15) is 25.3 Å². The first-order chi connectivity index (χ1) is 12.8. The number of methoxy groups -OCH3 is 1. The van der Waals surface area contributed by atoms with E-state index in [2.05, 4.69) is 39.6 Å². The number of hydrogen-bond donors (Lipinski definition) is 2. The lowest BCUT2D eigenvalue weighted by Crippen LogP contribution is -2.49. The lowest BCUT2D eigenvalue weighted by Gasteiger charge is -2.32. The molecule has 1 saturated heterocycles. The van der Waals surface area contributed by atoms with Gasteiger partial charge in [-0.3, -0.25) is 4.99 Å². The second-order valence-electron chi connectivity index (χ2n) is 6.55. The Balaban J connectivity index is 0.00000364. The van der Waals surface area contributed by atoms with E-state index >= 15 is 0 Å². The molecule has 27 heavy (non-hydrogen) atoms. The molecule has 1 aliphatic rings.